The molecule has 4 nitrogen and oxygen atoms in total. The molecule has 0 saturated heterocycles. The molecule has 1 rings (SSSR count). The zero-order valence-corrected chi connectivity index (χ0v) is 13.0. The molecule has 4 atom stereocenters. The standard InChI is InChI=1S/C15H30N2O2/c1-6-10(4)13(16)14(18)17-11-9-12(19-5)15(11,7-2)8-3/h10-13H,6-9,16H2,1-5H3,(H,17,18). The maximum absolute atomic E-state index is 12.2. The third-order valence-corrected chi connectivity index (χ3v) is 5.26. The number of rotatable bonds is 7. The number of carbonyl (C=O) groups excluding carboxylic acids is 1. The van der Waals surface area contributed by atoms with Gasteiger partial charge in [0.1, 0.15) is 0 Å². The minimum Gasteiger partial charge on any atom is -0.381 e. The predicted octanol–water partition coefficient (Wildman–Crippen LogP) is 2.07. The van der Waals surface area contributed by atoms with Gasteiger partial charge in [-0.15, -0.1) is 0 Å². The topological polar surface area (TPSA) is 64.4 Å². The lowest BCUT2D eigenvalue weighted by atomic mass is 9.58. The van der Waals surface area contributed by atoms with Gasteiger partial charge in [0, 0.05) is 18.6 Å². The van der Waals surface area contributed by atoms with Crippen LogP contribution in [0.5, 0.6) is 0 Å². The van der Waals surface area contributed by atoms with Crippen LogP contribution in [0.25, 0.3) is 0 Å². The highest BCUT2D eigenvalue weighted by Gasteiger charge is 2.53. The van der Waals surface area contributed by atoms with Gasteiger partial charge >= 0.3 is 0 Å². The van der Waals surface area contributed by atoms with Crippen molar-refractivity contribution in [2.75, 3.05) is 7.11 Å². The Bertz CT molecular complexity index is 303. The Hall–Kier alpha value is -0.610. The highest BCUT2D eigenvalue weighted by molar-refractivity contribution is 5.82. The summed E-state index contributed by atoms with van der Waals surface area (Å²) in [4.78, 5) is 12.2. The first kappa shape index (κ1) is 16.4. The van der Waals surface area contributed by atoms with E-state index in [4.69, 9.17) is 10.5 Å². The molecule has 19 heavy (non-hydrogen) atoms. The molecule has 0 spiro atoms. The highest BCUT2D eigenvalue weighted by atomic mass is 16.5. The molecule has 0 aliphatic heterocycles. The van der Waals surface area contributed by atoms with Gasteiger partial charge < -0.3 is 15.8 Å². The second kappa shape index (κ2) is 6.71. The number of amides is 1. The van der Waals surface area contributed by atoms with Crippen LogP contribution in [-0.2, 0) is 9.53 Å². The van der Waals surface area contributed by atoms with Crippen LogP contribution in [0.15, 0.2) is 0 Å². The van der Waals surface area contributed by atoms with Gasteiger partial charge in [-0.2, -0.15) is 0 Å². The maximum Gasteiger partial charge on any atom is 0.237 e. The maximum atomic E-state index is 12.2. The van der Waals surface area contributed by atoms with Crippen molar-refractivity contribution in [2.24, 2.45) is 17.1 Å². The lowest BCUT2D eigenvalue weighted by Crippen LogP contribution is -2.65. The highest BCUT2D eigenvalue weighted by Crippen LogP contribution is 2.48. The molecule has 3 N–H and O–H groups in total. The third-order valence-electron chi connectivity index (χ3n) is 5.26. The summed E-state index contributed by atoms with van der Waals surface area (Å²) in [6, 6.07) is -0.201. The van der Waals surface area contributed by atoms with Crippen LogP contribution in [0.3, 0.4) is 0 Å². The molecule has 0 bridgehead atoms. The zero-order valence-electron chi connectivity index (χ0n) is 13.0. The molecule has 1 saturated carbocycles. The fourth-order valence-corrected chi connectivity index (χ4v) is 3.26. The number of carbonyl (C=O) groups is 1. The van der Waals surface area contributed by atoms with Crippen LogP contribution in [0.1, 0.15) is 53.4 Å². The molecule has 0 aromatic heterocycles. The first-order chi connectivity index (χ1) is 8.96. The quantitative estimate of drug-likeness (QED) is 0.744. The molecule has 0 aromatic carbocycles. The second-order valence-electron chi connectivity index (χ2n) is 5.87. The number of ether oxygens (including phenoxy) is 1. The van der Waals surface area contributed by atoms with Gasteiger partial charge in [0.2, 0.25) is 5.91 Å². The van der Waals surface area contributed by atoms with Gasteiger partial charge in [0.05, 0.1) is 12.1 Å². The molecule has 4 unspecified atom stereocenters. The molecule has 1 aliphatic carbocycles. The van der Waals surface area contributed by atoms with E-state index in [1.807, 2.05) is 6.92 Å². The summed E-state index contributed by atoms with van der Waals surface area (Å²) < 4.78 is 5.54. The van der Waals surface area contributed by atoms with Crippen LogP contribution < -0.4 is 11.1 Å². The summed E-state index contributed by atoms with van der Waals surface area (Å²) in [6.45, 7) is 8.42. The van der Waals surface area contributed by atoms with E-state index in [-0.39, 0.29) is 29.4 Å². The molecular weight excluding hydrogens is 240 g/mol. The fraction of sp³-hybridized carbons (Fsp3) is 0.933. The SMILES string of the molecule is CCC(C)C(N)C(=O)NC1CC(OC)C1(CC)CC. The Morgan fingerprint density at radius 1 is 1.42 bits per heavy atom. The molecule has 0 radical (unpaired) electrons. The number of nitrogens with two attached hydrogens (primary N) is 1. The van der Waals surface area contributed by atoms with Crippen LogP contribution in [0.4, 0.5) is 0 Å². The third kappa shape index (κ3) is 2.95. The molecule has 0 aromatic rings. The first-order valence-electron chi connectivity index (χ1n) is 7.55. The Morgan fingerprint density at radius 3 is 2.42 bits per heavy atom. The normalized spacial score (nSPS) is 28.3. The van der Waals surface area contributed by atoms with E-state index < -0.39 is 6.04 Å². The minimum atomic E-state index is -0.405. The van der Waals surface area contributed by atoms with Gasteiger partial charge in [0.25, 0.3) is 0 Å². The molecular formula is C15H30N2O2. The van der Waals surface area contributed by atoms with Gasteiger partial charge in [-0.05, 0) is 25.2 Å². The van der Waals surface area contributed by atoms with Crippen molar-refractivity contribution in [3.8, 4) is 0 Å². The monoisotopic (exact) mass is 270 g/mol. The van der Waals surface area contributed by atoms with Gasteiger partial charge in [-0.25, -0.2) is 0 Å². The summed E-state index contributed by atoms with van der Waals surface area (Å²) in [6.07, 6.45) is 4.12. The first-order valence-corrected chi connectivity index (χ1v) is 7.55. The Balaban J connectivity index is 2.65. The Kier molecular flexibility index (Phi) is 5.81. The van der Waals surface area contributed by atoms with E-state index in [2.05, 4.69) is 26.1 Å². The predicted molar refractivity (Wildman–Crippen MR) is 77.8 cm³/mol. The van der Waals surface area contributed by atoms with Crippen molar-refractivity contribution in [1.29, 1.82) is 0 Å². The molecule has 0 heterocycles. The molecule has 1 fully saturated rings. The van der Waals surface area contributed by atoms with Gasteiger partial charge in [-0.1, -0.05) is 34.1 Å². The van der Waals surface area contributed by atoms with Crippen LogP contribution in [-0.4, -0.2) is 31.2 Å². The van der Waals surface area contributed by atoms with Crippen LogP contribution >= 0.6 is 0 Å². The summed E-state index contributed by atoms with van der Waals surface area (Å²) >= 11 is 0. The number of methoxy groups -OCH3 is 1. The number of nitrogens with one attached hydrogen (secondary N) is 1. The van der Waals surface area contributed by atoms with Crippen LogP contribution in [0.2, 0.25) is 0 Å². The van der Waals surface area contributed by atoms with E-state index in [9.17, 15) is 4.79 Å². The van der Waals surface area contributed by atoms with Crippen molar-refractivity contribution >= 4 is 5.91 Å². The van der Waals surface area contributed by atoms with Crippen molar-refractivity contribution in [1.82, 2.24) is 5.32 Å². The molecule has 112 valence electrons. The average Bonchev–Trinajstić information content (AvgIpc) is 2.42. The van der Waals surface area contributed by atoms with Gasteiger partial charge in [-0.3, -0.25) is 4.79 Å². The summed E-state index contributed by atoms with van der Waals surface area (Å²) in [7, 11) is 1.76. The van der Waals surface area contributed by atoms with Crippen molar-refractivity contribution in [3.05, 3.63) is 0 Å². The van der Waals surface area contributed by atoms with Crippen molar-refractivity contribution < 1.29 is 9.53 Å². The largest absolute Gasteiger partial charge is 0.381 e. The summed E-state index contributed by atoms with van der Waals surface area (Å²) in [5, 5.41) is 3.14. The smallest absolute Gasteiger partial charge is 0.237 e. The molecule has 1 aliphatic rings. The van der Waals surface area contributed by atoms with E-state index >= 15 is 0 Å². The number of hydrogen-bond acceptors (Lipinski definition) is 3. The molecule has 1 amide bonds. The number of hydrogen-bond donors (Lipinski definition) is 2. The Labute approximate surface area is 117 Å². The lowest BCUT2D eigenvalue weighted by Gasteiger charge is -2.55. The average molecular weight is 270 g/mol. The fourth-order valence-electron chi connectivity index (χ4n) is 3.26. The summed E-state index contributed by atoms with van der Waals surface area (Å²) in [5.74, 6) is 0.205. The Morgan fingerprint density at radius 2 is 2.00 bits per heavy atom. The van der Waals surface area contributed by atoms with E-state index in [1.54, 1.807) is 7.11 Å². The minimum absolute atomic E-state index is 0.0137. The van der Waals surface area contributed by atoms with E-state index in [1.165, 1.54) is 0 Å². The van der Waals surface area contributed by atoms with Crippen molar-refractivity contribution in [3.63, 3.8) is 0 Å². The van der Waals surface area contributed by atoms with E-state index in [0.29, 0.717) is 0 Å². The zero-order chi connectivity index (χ0) is 14.6. The van der Waals surface area contributed by atoms with Crippen LogP contribution in [0, 0.1) is 11.3 Å². The molecule has 4 heteroatoms. The summed E-state index contributed by atoms with van der Waals surface area (Å²) in [5.41, 5.74) is 6.08. The second-order valence-corrected chi connectivity index (χ2v) is 5.87. The van der Waals surface area contributed by atoms with E-state index in [0.717, 1.165) is 25.7 Å². The lowest BCUT2D eigenvalue weighted by molar-refractivity contribution is -0.142. The van der Waals surface area contributed by atoms with Gasteiger partial charge in [0.15, 0.2) is 0 Å². The van der Waals surface area contributed by atoms with Crippen molar-refractivity contribution in [2.45, 2.75) is 71.6 Å².